The average molecular weight is 367 g/mol. The second-order valence-electron chi connectivity index (χ2n) is 2.67. The molecule has 0 aliphatic rings. The molecule has 0 saturated heterocycles. The van der Waals surface area contributed by atoms with Gasteiger partial charge in [0.1, 0.15) is 11.5 Å². The van der Waals surface area contributed by atoms with Crippen LogP contribution >= 0.6 is 0 Å². The predicted molar refractivity (Wildman–Crippen MR) is 56.2 cm³/mol. The van der Waals surface area contributed by atoms with Crippen molar-refractivity contribution in [2.45, 2.75) is 0 Å². The molecule has 0 fully saturated rings. The molecular formula is C12H12HfO2. The molecule has 0 aliphatic heterocycles. The fourth-order valence-corrected chi connectivity index (χ4v) is 0.856. The number of rotatable bonds is 0. The van der Waals surface area contributed by atoms with E-state index >= 15 is 0 Å². The second-order valence-corrected chi connectivity index (χ2v) is 2.67. The van der Waals surface area contributed by atoms with E-state index in [-0.39, 0.29) is 25.8 Å². The molecule has 2 N–H and O–H groups in total. The molecule has 0 aromatic heterocycles. The van der Waals surface area contributed by atoms with Crippen LogP contribution in [0.5, 0.6) is 11.5 Å². The molecular weight excluding hydrogens is 355 g/mol. The molecule has 0 atom stereocenters. The maximum atomic E-state index is 8.63. The van der Waals surface area contributed by atoms with Gasteiger partial charge in [0.15, 0.2) is 0 Å². The third kappa shape index (κ3) is 6.91. The van der Waals surface area contributed by atoms with Crippen LogP contribution < -0.4 is 0 Å². The Bertz CT molecular complexity index is 311. The molecule has 3 heteroatoms. The van der Waals surface area contributed by atoms with E-state index in [4.69, 9.17) is 10.2 Å². The first kappa shape index (κ1) is 13.9. The van der Waals surface area contributed by atoms with E-state index in [1.807, 2.05) is 12.1 Å². The molecule has 76 valence electrons. The minimum atomic E-state index is 0. The van der Waals surface area contributed by atoms with E-state index in [1.165, 1.54) is 0 Å². The van der Waals surface area contributed by atoms with E-state index < -0.39 is 0 Å². The summed E-state index contributed by atoms with van der Waals surface area (Å²) in [6, 6.07) is 17.4. The Morgan fingerprint density at radius 2 is 0.800 bits per heavy atom. The first-order valence-electron chi connectivity index (χ1n) is 4.27. The first-order chi connectivity index (χ1) is 6.79. The normalized spacial score (nSPS) is 8.00. The largest absolute Gasteiger partial charge is 0.508 e. The molecule has 0 saturated carbocycles. The Morgan fingerprint density at radius 3 is 0.933 bits per heavy atom. The van der Waals surface area contributed by atoms with Gasteiger partial charge in [-0.1, -0.05) is 36.4 Å². The Labute approximate surface area is 108 Å². The number of para-hydroxylation sites is 2. The second kappa shape index (κ2) is 8.24. The predicted octanol–water partition coefficient (Wildman–Crippen LogP) is 2.78. The fourth-order valence-electron chi connectivity index (χ4n) is 0.856. The van der Waals surface area contributed by atoms with Crippen molar-refractivity contribution in [3.05, 3.63) is 60.7 Å². The standard InChI is InChI=1S/2C6H6O.Hf/c2*7-6-4-2-1-3-5-6;/h2*1-5,7H;. The number of aromatic hydroxyl groups is 2. The molecule has 0 amide bonds. The summed E-state index contributed by atoms with van der Waals surface area (Å²) in [5.41, 5.74) is 0. The molecule has 0 spiro atoms. The summed E-state index contributed by atoms with van der Waals surface area (Å²) in [5, 5.41) is 17.3. The summed E-state index contributed by atoms with van der Waals surface area (Å²) in [7, 11) is 0. The van der Waals surface area contributed by atoms with E-state index in [0.29, 0.717) is 11.5 Å². The van der Waals surface area contributed by atoms with Crippen molar-refractivity contribution < 1.29 is 36.1 Å². The molecule has 0 aliphatic carbocycles. The van der Waals surface area contributed by atoms with Gasteiger partial charge in [0, 0.05) is 25.8 Å². The zero-order valence-electron chi connectivity index (χ0n) is 8.17. The van der Waals surface area contributed by atoms with Crippen molar-refractivity contribution in [2.24, 2.45) is 0 Å². The van der Waals surface area contributed by atoms with Crippen LogP contribution in [0.25, 0.3) is 0 Å². The van der Waals surface area contributed by atoms with E-state index in [9.17, 15) is 0 Å². The van der Waals surface area contributed by atoms with Crippen molar-refractivity contribution in [3.8, 4) is 11.5 Å². The van der Waals surface area contributed by atoms with Crippen molar-refractivity contribution in [2.75, 3.05) is 0 Å². The fraction of sp³-hybridized carbons (Fsp3) is 0. The SMILES string of the molecule is Oc1ccccc1.Oc1ccccc1.[Hf]. The summed E-state index contributed by atoms with van der Waals surface area (Å²) < 4.78 is 0. The Morgan fingerprint density at radius 1 is 0.533 bits per heavy atom. The molecule has 15 heavy (non-hydrogen) atoms. The zero-order valence-corrected chi connectivity index (χ0v) is 11.8. The maximum absolute atomic E-state index is 8.63. The van der Waals surface area contributed by atoms with Crippen LogP contribution in [0.2, 0.25) is 0 Å². The number of benzene rings is 2. The van der Waals surface area contributed by atoms with Crippen LogP contribution in [0, 0.1) is 0 Å². The van der Waals surface area contributed by atoms with E-state index in [0.717, 1.165) is 0 Å². The topological polar surface area (TPSA) is 40.5 Å². The van der Waals surface area contributed by atoms with E-state index in [1.54, 1.807) is 48.5 Å². The van der Waals surface area contributed by atoms with Crippen LogP contribution in [0.4, 0.5) is 0 Å². The zero-order chi connectivity index (χ0) is 10.2. The number of hydrogen-bond acceptors (Lipinski definition) is 2. The minimum absolute atomic E-state index is 0. The minimum Gasteiger partial charge on any atom is -0.508 e. The van der Waals surface area contributed by atoms with Crippen LogP contribution in [0.3, 0.4) is 0 Å². The van der Waals surface area contributed by atoms with Crippen molar-refractivity contribution in [3.63, 3.8) is 0 Å². The molecule has 0 unspecified atom stereocenters. The van der Waals surface area contributed by atoms with Gasteiger partial charge in [-0.15, -0.1) is 0 Å². The summed E-state index contributed by atoms with van der Waals surface area (Å²) in [6.45, 7) is 0. The number of hydrogen-bond donors (Lipinski definition) is 2. The van der Waals surface area contributed by atoms with Crippen LogP contribution in [-0.2, 0) is 25.8 Å². The monoisotopic (exact) mass is 368 g/mol. The van der Waals surface area contributed by atoms with Gasteiger partial charge >= 0.3 is 0 Å². The quantitative estimate of drug-likeness (QED) is 0.704. The molecule has 0 heterocycles. The molecule has 2 aromatic rings. The van der Waals surface area contributed by atoms with Gasteiger partial charge in [0.05, 0.1) is 0 Å². The third-order valence-electron chi connectivity index (χ3n) is 1.51. The van der Waals surface area contributed by atoms with Gasteiger partial charge in [-0.2, -0.15) is 0 Å². The average Bonchev–Trinajstić information content (AvgIpc) is 2.21. The first-order valence-corrected chi connectivity index (χ1v) is 4.27. The Kier molecular flexibility index (Phi) is 7.64. The molecule has 2 rings (SSSR count). The summed E-state index contributed by atoms with van der Waals surface area (Å²) in [5.74, 6) is 0.644. The van der Waals surface area contributed by atoms with Crippen LogP contribution in [-0.4, -0.2) is 10.2 Å². The molecule has 2 nitrogen and oxygen atoms in total. The van der Waals surface area contributed by atoms with Gasteiger partial charge in [-0.3, -0.25) is 0 Å². The van der Waals surface area contributed by atoms with Crippen LogP contribution in [0.15, 0.2) is 60.7 Å². The molecule has 0 radical (unpaired) electrons. The van der Waals surface area contributed by atoms with Gasteiger partial charge in [-0.05, 0) is 24.3 Å². The summed E-state index contributed by atoms with van der Waals surface area (Å²) in [4.78, 5) is 0. The number of phenolic OH excluding ortho intramolecular Hbond substituents is 2. The van der Waals surface area contributed by atoms with Crippen molar-refractivity contribution in [1.82, 2.24) is 0 Å². The van der Waals surface area contributed by atoms with Gasteiger partial charge in [0.2, 0.25) is 0 Å². The van der Waals surface area contributed by atoms with Crippen molar-refractivity contribution >= 4 is 0 Å². The maximum Gasteiger partial charge on any atom is 0.115 e. The smallest absolute Gasteiger partial charge is 0.115 e. The third-order valence-corrected chi connectivity index (χ3v) is 1.51. The molecule has 0 bridgehead atoms. The summed E-state index contributed by atoms with van der Waals surface area (Å²) >= 11 is 0. The van der Waals surface area contributed by atoms with Gasteiger partial charge in [-0.25, -0.2) is 0 Å². The number of phenols is 2. The summed E-state index contributed by atoms with van der Waals surface area (Å²) in [6.07, 6.45) is 0. The van der Waals surface area contributed by atoms with Crippen molar-refractivity contribution in [1.29, 1.82) is 0 Å². The van der Waals surface area contributed by atoms with E-state index in [2.05, 4.69) is 0 Å². The Balaban J connectivity index is 0.000000245. The van der Waals surface area contributed by atoms with Gasteiger partial charge in [0.25, 0.3) is 0 Å². The molecule has 2 aromatic carbocycles. The Hall–Kier alpha value is -1.09. The van der Waals surface area contributed by atoms with Crippen LogP contribution in [0.1, 0.15) is 0 Å². The van der Waals surface area contributed by atoms with Gasteiger partial charge < -0.3 is 10.2 Å².